The Morgan fingerprint density at radius 2 is 1.79 bits per heavy atom. The molecule has 3 N–H and O–H groups in total. The van der Waals surface area contributed by atoms with Gasteiger partial charge in [-0.3, -0.25) is 39.0 Å². The lowest BCUT2D eigenvalue weighted by Crippen LogP contribution is -2.54. The summed E-state index contributed by atoms with van der Waals surface area (Å²) in [6, 6.07) is 11.3. The van der Waals surface area contributed by atoms with Crippen molar-refractivity contribution in [3.05, 3.63) is 81.1 Å². The van der Waals surface area contributed by atoms with Gasteiger partial charge in [-0.15, -0.1) is 11.8 Å². The Hall–Kier alpha value is -5.39. The molecule has 2 aromatic heterocycles. The van der Waals surface area contributed by atoms with E-state index in [0.29, 0.717) is 82.0 Å². The summed E-state index contributed by atoms with van der Waals surface area (Å²) in [6.45, 7) is 5.97. The van der Waals surface area contributed by atoms with E-state index in [2.05, 4.69) is 35.8 Å². The zero-order chi connectivity index (χ0) is 39.5. The van der Waals surface area contributed by atoms with Crippen molar-refractivity contribution in [1.29, 1.82) is 0 Å². The largest absolute Gasteiger partial charge is 0.353 e. The second kappa shape index (κ2) is 16.8. The molecule has 0 radical (unpaired) electrons. The van der Waals surface area contributed by atoms with Crippen molar-refractivity contribution in [3.63, 3.8) is 0 Å². The predicted octanol–water partition coefficient (Wildman–Crippen LogP) is 5.21. The number of nitrogens with one attached hydrogen (secondary N) is 3. The number of carbonyl (C=O) groups is 6. The first-order valence-corrected chi connectivity index (χ1v) is 20.3. The summed E-state index contributed by atoms with van der Waals surface area (Å²) >= 11 is 8.91. The average molecular weight is 816 g/mol. The number of hydrogen-bond acceptors (Lipinski definition) is 13. The lowest BCUT2D eigenvalue weighted by atomic mass is 10.0. The van der Waals surface area contributed by atoms with Crippen LogP contribution in [-0.2, 0) is 14.4 Å². The topological polar surface area (TPSA) is 187 Å². The summed E-state index contributed by atoms with van der Waals surface area (Å²) in [5, 5.41) is 9.22. The Morgan fingerprint density at radius 3 is 2.55 bits per heavy atom. The van der Waals surface area contributed by atoms with Gasteiger partial charge in [0.2, 0.25) is 17.7 Å². The number of thioether (sulfide) groups is 1. The van der Waals surface area contributed by atoms with Gasteiger partial charge in [0.15, 0.2) is 5.13 Å². The number of imide groups is 2. The van der Waals surface area contributed by atoms with Crippen LogP contribution in [-0.4, -0.2) is 98.2 Å². The highest BCUT2D eigenvalue weighted by molar-refractivity contribution is 7.99. The van der Waals surface area contributed by atoms with Crippen LogP contribution >= 0.6 is 34.7 Å². The molecule has 1 atom stereocenters. The number of piperazine rings is 1. The Bertz CT molecular complexity index is 2220. The van der Waals surface area contributed by atoms with Gasteiger partial charge < -0.3 is 20.4 Å². The number of fused-ring (bicyclic) bond motifs is 1. The predicted molar refractivity (Wildman–Crippen MR) is 213 cm³/mol. The third-order valence-corrected chi connectivity index (χ3v) is 12.0. The summed E-state index contributed by atoms with van der Waals surface area (Å²) < 4.78 is 0. The first-order valence-electron chi connectivity index (χ1n) is 18.1. The highest BCUT2D eigenvalue weighted by Crippen LogP contribution is 2.35. The van der Waals surface area contributed by atoms with E-state index in [-0.39, 0.29) is 35.8 Å². The molecule has 3 aliphatic heterocycles. The molecule has 0 bridgehead atoms. The van der Waals surface area contributed by atoms with Crippen LogP contribution in [0.5, 0.6) is 0 Å². The van der Waals surface area contributed by atoms with E-state index in [4.69, 9.17) is 11.6 Å². The summed E-state index contributed by atoms with van der Waals surface area (Å²) in [4.78, 5) is 96.0. The van der Waals surface area contributed by atoms with Crippen molar-refractivity contribution >= 4 is 92.6 Å². The number of aryl methyl sites for hydroxylation is 2. The van der Waals surface area contributed by atoms with E-state index in [1.54, 1.807) is 31.2 Å². The van der Waals surface area contributed by atoms with Gasteiger partial charge in [0.25, 0.3) is 17.7 Å². The Kier molecular flexibility index (Phi) is 11.6. The molecule has 15 nitrogen and oxygen atoms in total. The maximum atomic E-state index is 13.4. The maximum Gasteiger partial charge on any atom is 0.267 e. The summed E-state index contributed by atoms with van der Waals surface area (Å²) in [5.74, 6) is 0.107. The molecule has 290 valence electrons. The first kappa shape index (κ1) is 38.9. The summed E-state index contributed by atoms with van der Waals surface area (Å²) in [7, 11) is 0. The molecule has 5 heterocycles. The van der Waals surface area contributed by atoms with Gasteiger partial charge in [0, 0.05) is 50.0 Å². The third-order valence-electron chi connectivity index (χ3n) is 9.68. The minimum atomic E-state index is -1.01. The second-order valence-electron chi connectivity index (χ2n) is 13.5. The standard InChI is InChI=1S/C38H38ClN9O6S2/c1-21-7-5-9-24(39)33(21)45-35(52)27-20-40-38(56-27)43-28-19-29(42-22(2)41-28)46-14-16-47(17-15-46)31(50)11-3-4-18-55-26-10-6-8-23-32(26)37(54)48(36(23)53)25-12-13-30(49)44-34(25)51/h5-10,19-20,25H,3-4,11-18H2,1-2H3,(H,45,52)(H,44,49,51)(H,40,41,42,43). The van der Waals surface area contributed by atoms with Gasteiger partial charge in [-0.1, -0.05) is 41.1 Å². The van der Waals surface area contributed by atoms with Crippen LogP contribution in [0.3, 0.4) is 0 Å². The number of hydrogen-bond donors (Lipinski definition) is 3. The van der Waals surface area contributed by atoms with E-state index < -0.39 is 29.7 Å². The van der Waals surface area contributed by atoms with Crippen LogP contribution in [0.1, 0.15) is 73.9 Å². The van der Waals surface area contributed by atoms with Gasteiger partial charge >= 0.3 is 0 Å². The lowest BCUT2D eigenvalue weighted by molar-refractivity contribution is -0.136. The van der Waals surface area contributed by atoms with Crippen molar-refractivity contribution in [1.82, 2.24) is 30.1 Å². The number of halogens is 1. The minimum Gasteiger partial charge on any atom is -0.353 e. The first-order chi connectivity index (χ1) is 27.0. The SMILES string of the molecule is Cc1nc(Nc2ncc(C(=O)Nc3c(C)cccc3Cl)s2)cc(N2CCN(C(=O)CCCCSc3cccc4c3C(=O)N(C3CCC(=O)NC3=O)C4=O)CC2)n1. The zero-order valence-electron chi connectivity index (χ0n) is 30.6. The quantitative estimate of drug-likeness (QED) is 0.0965. The molecule has 0 spiro atoms. The number of rotatable bonds is 12. The molecule has 3 aliphatic rings. The molecule has 1 unspecified atom stereocenters. The Balaban J connectivity index is 0.864. The van der Waals surface area contributed by atoms with E-state index in [1.165, 1.54) is 29.3 Å². The molecule has 0 saturated carbocycles. The van der Waals surface area contributed by atoms with Crippen LogP contribution < -0.4 is 20.9 Å². The number of nitrogens with zero attached hydrogens (tertiary/aromatic N) is 6. The van der Waals surface area contributed by atoms with Crippen LogP contribution in [0.15, 0.2) is 53.6 Å². The molecule has 4 aromatic rings. The number of carbonyl (C=O) groups excluding carboxylic acids is 6. The number of thiazole rings is 1. The smallest absolute Gasteiger partial charge is 0.267 e. The normalized spacial score (nSPS) is 16.9. The summed E-state index contributed by atoms with van der Waals surface area (Å²) in [6.07, 6.45) is 3.44. The van der Waals surface area contributed by atoms with Crippen molar-refractivity contribution in [2.45, 2.75) is 56.9 Å². The Labute approximate surface area is 335 Å². The average Bonchev–Trinajstić information content (AvgIpc) is 3.74. The molecule has 2 aromatic carbocycles. The summed E-state index contributed by atoms with van der Waals surface area (Å²) in [5.41, 5.74) is 1.95. The van der Waals surface area contributed by atoms with Crippen LogP contribution in [0.4, 0.5) is 22.5 Å². The third kappa shape index (κ3) is 8.39. The lowest BCUT2D eigenvalue weighted by Gasteiger charge is -2.35. The molecule has 2 saturated heterocycles. The fourth-order valence-corrected chi connectivity index (χ4v) is 8.87. The van der Waals surface area contributed by atoms with E-state index in [0.717, 1.165) is 22.7 Å². The molecular weight excluding hydrogens is 778 g/mol. The molecular formula is C38H38ClN9O6S2. The van der Waals surface area contributed by atoms with Gasteiger partial charge in [-0.25, -0.2) is 15.0 Å². The zero-order valence-corrected chi connectivity index (χ0v) is 33.0. The number of unbranched alkanes of at least 4 members (excludes halogenated alkanes) is 1. The van der Waals surface area contributed by atoms with Crippen LogP contribution in [0.2, 0.25) is 5.02 Å². The monoisotopic (exact) mass is 815 g/mol. The molecule has 18 heteroatoms. The number of piperidine rings is 1. The molecule has 7 rings (SSSR count). The van der Waals surface area contributed by atoms with E-state index >= 15 is 0 Å². The van der Waals surface area contributed by atoms with Crippen LogP contribution in [0, 0.1) is 13.8 Å². The number of benzene rings is 2. The van der Waals surface area contributed by atoms with E-state index in [9.17, 15) is 28.8 Å². The Morgan fingerprint density at radius 1 is 1.00 bits per heavy atom. The van der Waals surface area contributed by atoms with Crippen molar-refractivity contribution in [2.75, 3.05) is 47.5 Å². The van der Waals surface area contributed by atoms with Gasteiger partial charge in [0.1, 0.15) is 28.4 Å². The maximum absolute atomic E-state index is 13.4. The number of anilines is 4. The minimum absolute atomic E-state index is 0.0624. The molecule has 2 fully saturated rings. The fraction of sp³-hybridized carbons (Fsp3) is 0.342. The molecule has 56 heavy (non-hydrogen) atoms. The van der Waals surface area contributed by atoms with E-state index in [1.807, 2.05) is 30.0 Å². The number of amides is 6. The van der Waals surface area contributed by atoms with Gasteiger partial charge in [-0.2, -0.15) is 0 Å². The van der Waals surface area contributed by atoms with Gasteiger partial charge in [-0.05, 0) is 62.6 Å². The number of aromatic nitrogens is 3. The van der Waals surface area contributed by atoms with Crippen molar-refractivity contribution < 1.29 is 28.8 Å². The molecule has 6 amide bonds. The fourth-order valence-electron chi connectivity index (χ4n) is 6.80. The van der Waals surface area contributed by atoms with Crippen LogP contribution in [0.25, 0.3) is 0 Å². The highest BCUT2D eigenvalue weighted by atomic mass is 35.5. The number of para-hydroxylation sites is 1. The van der Waals surface area contributed by atoms with Crippen molar-refractivity contribution in [2.24, 2.45) is 0 Å². The van der Waals surface area contributed by atoms with Gasteiger partial charge in [0.05, 0.1) is 28.0 Å². The molecule has 0 aliphatic carbocycles. The van der Waals surface area contributed by atoms with Crippen molar-refractivity contribution in [3.8, 4) is 0 Å². The highest BCUT2D eigenvalue weighted by Gasteiger charge is 2.45. The second-order valence-corrected chi connectivity index (χ2v) is 16.1.